The summed E-state index contributed by atoms with van der Waals surface area (Å²) >= 11 is 1.64. The topological polar surface area (TPSA) is 68.0 Å². The van der Waals surface area contributed by atoms with Gasteiger partial charge in [-0.2, -0.15) is 0 Å². The van der Waals surface area contributed by atoms with Gasteiger partial charge in [0.2, 0.25) is 11.8 Å². The first-order valence-electron chi connectivity index (χ1n) is 7.47. The molecule has 122 valence electrons. The molecule has 1 aromatic heterocycles. The summed E-state index contributed by atoms with van der Waals surface area (Å²) < 4.78 is 5.54. The second-order valence-electron chi connectivity index (χ2n) is 5.36. The van der Waals surface area contributed by atoms with Gasteiger partial charge in [0.15, 0.2) is 0 Å². The molecule has 0 aliphatic heterocycles. The van der Waals surface area contributed by atoms with Crippen molar-refractivity contribution in [1.29, 1.82) is 0 Å². The molecule has 0 saturated carbocycles. The monoisotopic (exact) mass is 339 g/mol. The fourth-order valence-corrected chi connectivity index (χ4v) is 2.78. The third-order valence-corrected chi connectivity index (χ3v) is 4.16. The average Bonchev–Trinajstić information content (AvgIpc) is 3.03. The summed E-state index contributed by atoms with van der Waals surface area (Å²) in [4.78, 5) is 13.2. The van der Waals surface area contributed by atoms with Crippen molar-refractivity contribution in [2.75, 3.05) is 11.6 Å². The maximum absolute atomic E-state index is 12.1. The Kier molecular flexibility index (Phi) is 4.96. The summed E-state index contributed by atoms with van der Waals surface area (Å²) in [6.07, 6.45) is 2.27. The molecule has 0 bridgehead atoms. The number of nitrogens with one attached hydrogen (secondary N) is 1. The van der Waals surface area contributed by atoms with E-state index in [1.807, 2.05) is 61.7 Å². The second-order valence-corrected chi connectivity index (χ2v) is 6.24. The summed E-state index contributed by atoms with van der Waals surface area (Å²) in [5.41, 5.74) is 2.89. The van der Waals surface area contributed by atoms with Gasteiger partial charge in [0.1, 0.15) is 0 Å². The third kappa shape index (κ3) is 4.02. The summed E-state index contributed by atoms with van der Waals surface area (Å²) in [5.74, 6) is 0.199. The highest BCUT2D eigenvalue weighted by Gasteiger charge is 2.12. The van der Waals surface area contributed by atoms with Gasteiger partial charge in [-0.3, -0.25) is 10.1 Å². The van der Waals surface area contributed by atoms with Crippen molar-refractivity contribution in [3.05, 3.63) is 59.7 Å². The second kappa shape index (κ2) is 7.31. The lowest BCUT2D eigenvalue weighted by molar-refractivity contribution is -0.115. The van der Waals surface area contributed by atoms with E-state index in [1.165, 1.54) is 0 Å². The van der Waals surface area contributed by atoms with Crippen molar-refractivity contribution in [3.8, 4) is 11.5 Å². The highest BCUT2D eigenvalue weighted by molar-refractivity contribution is 7.98. The molecule has 3 rings (SSSR count). The molecule has 1 amide bonds. The van der Waals surface area contributed by atoms with E-state index < -0.39 is 0 Å². The number of carbonyl (C=O) groups is 1. The lowest BCUT2D eigenvalue weighted by Gasteiger charge is -2.02. The van der Waals surface area contributed by atoms with Crippen LogP contribution >= 0.6 is 11.8 Å². The molecule has 3 aromatic rings. The van der Waals surface area contributed by atoms with Gasteiger partial charge >= 0.3 is 6.01 Å². The number of aryl methyl sites for hydroxylation is 1. The summed E-state index contributed by atoms with van der Waals surface area (Å²) in [6, 6.07) is 15.7. The van der Waals surface area contributed by atoms with Gasteiger partial charge < -0.3 is 4.42 Å². The molecule has 0 atom stereocenters. The smallest absolute Gasteiger partial charge is 0.322 e. The Hall–Kier alpha value is -2.60. The SMILES string of the molecule is CSc1cccc(-c2nnc(NC(=O)Cc3cccc(C)c3)o2)c1. The van der Waals surface area contributed by atoms with Crippen molar-refractivity contribution < 1.29 is 9.21 Å². The molecule has 1 heterocycles. The van der Waals surface area contributed by atoms with Crippen LogP contribution in [0.3, 0.4) is 0 Å². The lowest BCUT2D eigenvalue weighted by atomic mass is 10.1. The minimum absolute atomic E-state index is 0.109. The molecule has 2 aromatic carbocycles. The number of amides is 1. The number of thioether (sulfide) groups is 1. The number of hydrogen-bond donors (Lipinski definition) is 1. The zero-order valence-corrected chi connectivity index (χ0v) is 14.3. The number of nitrogens with zero attached hydrogens (tertiary/aromatic N) is 2. The normalized spacial score (nSPS) is 10.6. The summed E-state index contributed by atoms with van der Waals surface area (Å²) in [7, 11) is 0. The Morgan fingerprint density at radius 1 is 1.17 bits per heavy atom. The minimum atomic E-state index is -0.186. The fraction of sp³-hybridized carbons (Fsp3) is 0.167. The maximum atomic E-state index is 12.1. The first-order chi connectivity index (χ1) is 11.6. The van der Waals surface area contributed by atoms with Crippen molar-refractivity contribution in [2.45, 2.75) is 18.2 Å². The molecule has 1 N–H and O–H groups in total. The van der Waals surface area contributed by atoms with Crippen molar-refractivity contribution in [2.24, 2.45) is 0 Å². The largest absolute Gasteiger partial charge is 0.403 e. The number of aromatic nitrogens is 2. The molecule has 0 radical (unpaired) electrons. The highest BCUT2D eigenvalue weighted by atomic mass is 32.2. The fourth-order valence-electron chi connectivity index (χ4n) is 2.32. The van der Waals surface area contributed by atoms with Gasteiger partial charge in [-0.25, -0.2) is 0 Å². The summed E-state index contributed by atoms with van der Waals surface area (Å²) in [5, 5.41) is 10.5. The standard InChI is InChI=1S/C18H17N3O2S/c1-12-5-3-6-13(9-12)10-16(22)19-18-21-20-17(23-18)14-7-4-8-15(11-14)24-2/h3-9,11H,10H2,1-2H3,(H,19,21,22). The molecule has 24 heavy (non-hydrogen) atoms. The van der Waals surface area contributed by atoms with E-state index in [-0.39, 0.29) is 18.3 Å². The molecule has 0 spiro atoms. The Labute approximate surface area is 144 Å². The minimum Gasteiger partial charge on any atom is -0.403 e. The van der Waals surface area contributed by atoms with E-state index in [2.05, 4.69) is 15.5 Å². The lowest BCUT2D eigenvalue weighted by Crippen LogP contribution is -2.14. The maximum Gasteiger partial charge on any atom is 0.322 e. The van der Waals surface area contributed by atoms with Crippen LogP contribution < -0.4 is 5.32 Å². The zero-order chi connectivity index (χ0) is 16.9. The van der Waals surface area contributed by atoms with E-state index in [0.29, 0.717) is 5.89 Å². The van der Waals surface area contributed by atoms with Gasteiger partial charge in [-0.15, -0.1) is 16.9 Å². The molecule has 0 saturated heterocycles. The Balaban J connectivity index is 1.68. The number of rotatable bonds is 5. The van der Waals surface area contributed by atoms with Crippen LogP contribution in [0.1, 0.15) is 11.1 Å². The Bertz CT molecular complexity index is 861. The van der Waals surface area contributed by atoms with Crippen LogP contribution in [-0.2, 0) is 11.2 Å². The van der Waals surface area contributed by atoms with Crippen LogP contribution in [0.4, 0.5) is 6.01 Å². The average molecular weight is 339 g/mol. The number of hydrogen-bond acceptors (Lipinski definition) is 5. The molecule has 0 fully saturated rings. The number of anilines is 1. The molecule has 6 heteroatoms. The zero-order valence-electron chi connectivity index (χ0n) is 13.4. The van der Waals surface area contributed by atoms with Gasteiger partial charge in [-0.1, -0.05) is 41.0 Å². The first kappa shape index (κ1) is 16.3. The molecule has 0 unspecified atom stereocenters. The van der Waals surface area contributed by atoms with Crippen LogP contribution in [0.2, 0.25) is 0 Å². The predicted molar refractivity (Wildman–Crippen MR) is 95.0 cm³/mol. The van der Waals surface area contributed by atoms with Gasteiger partial charge in [0.05, 0.1) is 6.42 Å². The van der Waals surface area contributed by atoms with Crippen LogP contribution in [0.5, 0.6) is 0 Å². The van der Waals surface area contributed by atoms with Crippen LogP contribution in [0, 0.1) is 6.92 Å². The van der Waals surface area contributed by atoms with Crippen LogP contribution in [0.25, 0.3) is 11.5 Å². The van der Waals surface area contributed by atoms with Gasteiger partial charge in [0.25, 0.3) is 0 Å². The van der Waals surface area contributed by atoms with E-state index in [9.17, 15) is 4.79 Å². The molecule has 0 aliphatic rings. The third-order valence-electron chi connectivity index (χ3n) is 3.44. The van der Waals surface area contributed by atoms with E-state index in [0.717, 1.165) is 21.6 Å². The van der Waals surface area contributed by atoms with Crippen molar-refractivity contribution >= 4 is 23.7 Å². The quantitative estimate of drug-likeness (QED) is 0.713. The molecular formula is C18H17N3O2S. The Morgan fingerprint density at radius 2 is 2.00 bits per heavy atom. The van der Waals surface area contributed by atoms with Gasteiger partial charge in [0, 0.05) is 10.5 Å². The predicted octanol–water partition coefficient (Wildman–Crippen LogP) is 3.95. The first-order valence-corrected chi connectivity index (χ1v) is 8.70. The van der Waals surface area contributed by atoms with Crippen molar-refractivity contribution in [1.82, 2.24) is 10.2 Å². The van der Waals surface area contributed by atoms with Crippen molar-refractivity contribution in [3.63, 3.8) is 0 Å². The Morgan fingerprint density at radius 3 is 2.79 bits per heavy atom. The van der Waals surface area contributed by atoms with Crippen LogP contribution in [0.15, 0.2) is 57.8 Å². The van der Waals surface area contributed by atoms with Crippen LogP contribution in [-0.4, -0.2) is 22.4 Å². The molecule has 5 nitrogen and oxygen atoms in total. The number of benzene rings is 2. The van der Waals surface area contributed by atoms with Gasteiger partial charge in [-0.05, 0) is 36.9 Å². The number of carbonyl (C=O) groups excluding carboxylic acids is 1. The van der Waals surface area contributed by atoms with E-state index in [4.69, 9.17) is 4.42 Å². The highest BCUT2D eigenvalue weighted by Crippen LogP contribution is 2.24. The summed E-state index contributed by atoms with van der Waals surface area (Å²) in [6.45, 7) is 1.99. The molecular weight excluding hydrogens is 322 g/mol. The molecule has 0 aliphatic carbocycles. The van der Waals surface area contributed by atoms with E-state index in [1.54, 1.807) is 11.8 Å². The van der Waals surface area contributed by atoms with E-state index >= 15 is 0 Å².